The molecule has 0 bridgehead atoms. The van der Waals surface area contributed by atoms with Gasteiger partial charge in [0.25, 0.3) is 0 Å². The van der Waals surface area contributed by atoms with Crippen molar-refractivity contribution in [3.63, 3.8) is 0 Å². The van der Waals surface area contributed by atoms with Crippen LogP contribution in [0.5, 0.6) is 11.5 Å². The molecule has 0 aromatic heterocycles. The first-order chi connectivity index (χ1) is 8.74. The smallest absolute Gasteiger partial charge is 0.231 e. The fourth-order valence-corrected chi connectivity index (χ4v) is 2.52. The van der Waals surface area contributed by atoms with Gasteiger partial charge in [-0.05, 0) is 48.6 Å². The van der Waals surface area contributed by atoms with Gasteiger partial charge < -0.3 is 9.47 Å². The Bertz CT molecular complexity index is 516. The highest BCUT2D eigenvalue weighted by atomic mass is 16.7. The highest BCUT2D eigenvalue weighted by Crippen LogP contribution is 2.34. The molecule has 3 nitrogen and oxygen atoms in total. The zero-order valence-corrected chi connectivity index (χ0v) is 10.4. The van der Waals surface area contributed by atoms with E-state index in [2.05, 4.69) is 0 Å². The van der Waals surface area contributed by atoms with Crippen molar-refractivity contribution in [1.29, 1.82) is 0 Å². The molecule has 0 spiro atoms. The Morgan fingerprint density at radius 2 is 2.11 bits per heavy atom. The fourth-order valence-electron chi connectivity index (χ4n) is 2.52. The minimum atomic E-state index is 0.166. The zero-order valence-electron chi connectivity index (χ0n) is 10.4. The van der Waals surface area contributed by atoms with Gasteiger partial charge in [-0.25, -0.2) is 0 Å². The van der Waals surface area contributed by atoms with E-state index in [1.807, 2.05) is 31.2 Å². The third-order valence-electron chi connectivity index (χ3n) is 3.58. The molecule has 1 fully saturated rings. The SMILES string of the molecule is CC1CCC/C(=C\c2ccc3c(c2)OCO3)C1=O. The quantitative estimate of drug-likeness (QED) is 0.712. The lowest BCUT2D eigenvalue weighted by Crippen LogP contribution is -2.18. The minimum Gasteiger partial charge on any atom is -0.454 e. The van der Waals surface area contributed by atoms with Crippen LogP contribution in [0.1, 0.15) is 31.7 Å². The first kappa shape index (κ1) is 11.3. The van der Waals surface area contributed by atoms with E-state index in [4.69, 9.17) is 9.47 Å². The number of carbonyl (C=O) groups is 1. The van der Waals surface area contributed by atoms with Crippen molar-refractivity contribution in [2.24, 2.45) is 5.92 Å². The maximum atomic E-state index is 12.0. The molecular formula is C15H16O3. The van der Waals surface area contributed by atoms with Gasteiger partial charge in [0, 0.05) is 5.92 Å². The highest BCUT2D eigenvalue weighted by Gasteiger charge is 2.22. The first-order valence-electron chi connectivity index (χ1n) is 6.38. The van der Waals surface area contributed by atoms with Crippen LogP contribution in [0.4, 0.5) is 0 Å². The van der Waals surface area contributed by atoms with Crippen molar-refractivity contribution in [3.8, 4) is 11.5 Å². The standard InChI is InChI=1S/C15H16O3/c1-10-3-2-4-12(15(10)16)7-11-5-6-13-14(8-11)18-9-17-13/h5-8,10H,2-4,9H2,1H3/b12-7+. The number of rotatable bonds is 1. The van der Waals surface area contributed by atoms with Gasteiger partial charge in [0.05, 0.1) is 0 Å². The number of ether oxygens (including phenoxy) is 2. The Kier molecular flexibility index (Phi) is 2.82. The van der Waals surface area contributed by atoms with E-state index < -0.39 is 0 Å². The molecule has 3 rings (SSSR count). The molecule has 1 saturated carbocycles. The summed E-state index contributed by atoms with van der Waals surface area (Å²) in [5.41, 5.74) is 1.95. The normalized spacial score (nSPS) is 24.6. The number of hydrogen-bond donors (Lipinski definition) is 0. The van der Waals surface area contributed by atoms with Crippen molar-refractivity contribution in [2.75, 3.05) is 6.79 Å². The molecule has 2 aliphatic rings. The maximum absolute atomic E-state index is 12.0. The van der Waals surface area contributed by atoms with Gasteiger partial charge in [-0.15, -0.1) is 0 Å². The second kappa shape index (κ2) is 4.48. The second-order valence-corrected chi connectivity index (χ2v) is 4.94. The van der Waals surface area contributed by atoms with Crippen LogP contribution >= 0.6 is 0 Å². The van der Waals surface area contributed by atoms with Crippen LogP contribution < -0.4 is 9.47 Å². The van der Waals surface area contributed by atoms with Crippen molar-refractivity contribution in [2.45, 2.75) is 26.2 Å². The molecule has 0 radical (unpaired) electrons. The van der Waals surface area contributed by atoms with E-state index in [1.54, 1.807) is 0 Å². The molecule has 0 N–H and O–H groups in total. The molecule has 18 heavy (non-hydrogen) atoms. The first-order valence-corrected chi connectivity index (χ1v) is 6.38. The average molecular weight is 244 g/mol. The molecule has 1 aliphatic heterocycles. The summed E-state index contributed by atoms with van der Waals surface area (Å²) < 4.78 is 10.6. The van der Waals surface area contributed by atoms with E-state index in [1.165, 1.54) is 0 Å². The van der Waals surface area contributed by atoms with E-state index in [0.29, 0.717) is 5.78 Å². The number of hydrogen-bond acceptors (Lipinski definition) is 3. The summed E-state index contributed by atoms with van der Waals surface area (Å²) in [4.78, 5) is 12.0. The molecule has 1 heterocycles. The van der Waals surface area contributed by atoms with Gasteiger partial charge >= 0.3 is 0 Å². The van der Waals surface area contributed by atoms with E-state index in [-0.39, 0.29) is 12.7 Å². The number of ketones is 1. The van der Waals surface area contributed by atoms with Crippen LogP contribution in [0.3, 0.4) is 0 Å². The van der Waals surface area contributed by atoms with Crippen molar-refractivity contribution in [1.82, 2.24) is 0 Å². The van der Waals surface area contributed by atoms with Crippen LogP contribution in [0, 0.1) is 5.92 Å². The van der Waals surface area contributed by atoms with Crippen LogP contribution in [-0.4, -0.2) is 12.6 Å². The molecule has 0 saturated heterocycles. The van der Waals surface area contributed by atoms with Gasteiger partial charge in [0.15, 0.2) is 17.3 Å². The number of Topliss-reactive ketones (excluding diaryl/α,β-unsaturated/α-hetero) is 1. The monoisotopic (exact) mass is 244 g/mol. The summed E-state index contributed by atoms with van der Waals surface area (Å²) in [7, 11) is 0. The predicted molar refractivity (Wildman–Crippen MR) is 68.6 cm³/mol. The molecule has 1 aliphatic carbocycles. The lowest BCUT2D eigenvalue weighted by molar-refractivity contribution is -0.119. The summed E-state index contributed by atoms with van der Waals surface area (Å²) in [5, 5.41) is 0. The zero-order chi connectivity index (χ0) is 12.5. The molecule has 0 amide bonds. The van der Waals surface area contributed by atoms with Crippen LogP contribution in [0.25, 0.3) is 6.08 Å². The van der Waals surface area contributed by atoms with Gasteiger partial charge in [-0.1, -0.05) is 13.0 Å². The minimum absolute atomic E-state index is 0.166. The van der Waals surface area contributed by atoms with Crippen molar-refractivity contribution >= 4 is 11.9 Å². The lowest BCUT2D eigenvalue weighted by Gasteiger charge is -2.19. The number of allylic oxidation sites excluding steroid dienone is 1. The molecule has 1 aromatic rings. The molecule has 1 atom stereocenters. The van der Waals surface area contributed by atoms with Crippen molar-refractivity contribution in [3.05, 3.63) is 29.3 Å². The number of benzene rings is 1. The average Bonchev–Trinajstić information content (AvgIpc) is 2.82. The van der Waals surface area contributed by atoms with E-state index in [9.17, 15) is 4.79 Å². The summed E-state index contributed by atoms with van der Waals surface area (Å²) in [6.45, 7) is 2.29. The molecule has 94 valence electrons. The Balaban J connectivity index is 1.89. The molecule has 1 aromatic carbocycles. The molecule has 3 heteroatoms. The third kappa shape index (κ3) is 2.01. The summed E-state index contributed by atoms with van der Waals surface area (Å²) in [6, 6.07) is 5.79. The highest BCUT2D eigenvalue weighted by molar-refractivity contribution is 6.01. The van der Waals surface area contributed by atoms with Crippen LogP contribution in [0.15, 0.2) is 23.8 Å². The fraction of sp³-hybridized carbons (Fsp3) is 0.400. The van der Waals surface area contributed by atoms with E-state index >= 15 is 0 Å². The third-order valence-corrected chi connectivity index (χ3v) is 3.58. The topological polar surface area (TPSA) is 35.5 Å². The van der Waals surface area contributed by atoms with Gasteiger partial charge in [0.1, 0.15) is 0 Å². The Labute approximate surface area is 106 Å². The van der Waals surface area contributed by atoms with Gasteiger partial charge in [0.2, 0.25) is 6.79 Å². The Morgan fingerprint density at radius 1 is 1.28 bits per heavy atom. The summed E-state index contributed by atoms with van der Waals surface area (Å²) in [6.07, 6.45) is 4.98. The largest absolute Gasteiger partial charge is 0.454 e. The Hall–Kier alpha value is -1.77. The van der Waals surface area contributed by atoms with Crippen LogP contribution in [-0.2, 0) is 4.79 Å². The summed E-state index contributed by atoms with van der Waals surface area (Å²) in [5.74, 6) is 2.00. The lowest BCUT2D eigenvalue weighted by atomic mass is 9.84. The van der Waals surface area contributed by atoms with E-state index in [0.717, 1.165) is 41.9 Å². The predicted octanol–water partition coefficient (Wildman–Crippen LogP) is 3.19. The van der Waals surface area contributed by atoms with Gasteiger partial charge in [-0.2, -0.15) is 0 Å². The molecular weight excluding hydrogens is 228 g/mol. The van der Waals surface area contributed by atoms with Gasteiger partial charge in [-0.3, -0.25) is 4.79 Å². The number of carbonyl (C=O) groups excluding carboxylic acids is 1. The molecule has 1 unspecified atom stereocenters. The summed E-state index contributed by atoms with van der Waals surface area (Å²) >= 11 is 0. The number of fused-ring (bicyclic) bond motifs is 1. The second-order valence-electron chi connectivity index (χ2n) is 4.94. The maximum Gasteiger partial charge on any atom is 0.231 e. The van der Waals surface area contributed by atoms with Crippen molar-refractivity contribution < 1.29 is 14.3 Å². The van der Waals surface area contributed by atoms with Crippen LogP contribution in [0.2, 0.25) is 0 Å². The Morgan fingerprint density at radius 3 is 3.00 bits per heavy atom.